The molecule has 0 aliphatic heterocycles. The van der Waals surface area contributed by atoms with Crippen molar-refractivity contribution in [2.75, 3.05) is 19.5 Å². The van der Waals surface area contributed by atoms with Crippen LogP contribution < -0.4 is 5.32 Å². The minimum Gasteiger partial charge on any atom is -0.383 e. The van der Waals surface area contributed by atoms with Gasteiger partial charge in [-0.05, 0) is 35.4 Å². The molecule has 1 heterocycles. The summed E-state index contributed by atoms with van der Waals surface area (Å²) in [5.41, 5.74) is 2.96. The molecule has 0 unspecified atom stereocenters. The Morgan fingerprint density at radius 1 is 0.971 bits per heavy atom. The van der Waals surface area contributed by atoms with E-state index >= 15 is 0 Å². The van der Waals surface area contributed by atoms with E-state index in [2.05, 4.69) is 15.5 Å². The fourth-order valence-corrected chi connectivity index (χ4v) is 4.48. The molecule has 6 nitrogen and oxygen atoms in total. The molecule has 3 aromatic carbocycles. The maximum Gasteiger partial charge on any atom is 0.231 e. The van der Waals surface area contributed by atoms with Gasteiger partial charge < -0.3 is 10.1 Å². The molecule has 0 radical (unpaired) electrons. The number of ether oxygens (including phenoxy) is 1. The average molecular weight is 493 g/mol. The maximum absolute atomic E-state index is 13.0. The second kappa shape index (κ2) is 11.8. The largest absolute Gasteiger partial charge is 0.383 e. The number of carbonyl (C=O) groups is 1. The van der Waals surface area contributed by atoms with E-state index in [4.69, 9.17) is 16.3 Å². The predicted octanol–water partition coefficient (Wildman–Crippen LogP) is 5.24. The fourth-order valence-electron chi connectivity index (χ4n) is 3.57. The first-order valence-corrected chi connectivity index (χ1v) is 12.2. The topological polar surface area (TPSA) is 69.0 Å². The Balaban J connectivity index is 1.50. The minimum absolute atomic E-state index is 0.0861. The summed E-state index contributed by atoms with van der Waals surface area (Å²) in [5.74, 6) is 0.835. The molecule has 0 bridgehead atoms. The van der Waals surface area contributed by atoms with Gasteiger partial charge in [-0.2, -0.15) is 0 Å². The number of methoxy groups -OCH3 is 1. The summed E-state index contributed by atoms with van der Waals surface area (Å²) in [6.07, 6.45) is 0. The van der Waals surface area contributed by atoms with Gasteiger partial charge in [-0.25, -0.2) is 0 Å². The summed E-state index contributed by atoms with van der Waals surface area (Å²) >= 11 is 7.38. The highest BCUT2D eigenvalue weighted by Crippen LogP contribution is 2.26. The number of thioether (sulfide) groups is 1. The molecular formula is C26H25ClN4O2S. The van der Waals surface area contributed by atoms with E-state index < -0.39 is 0 Å². The molecule has 1 aromatic heterocycles. The Morgan fingerprint density at radius 3 is 2.18 bits per heavy atom. The molecule has 174 valence electrons. The Bertz CT molecular complexity index is 1160. The van der Waals surface area contributed by atoms with Crippen LogP contribution in [-0.2, 0) is 16.1 Å². The van der Waals surface area contributed by atoms with Crippen molar-refractivity contribution >= 4 is 29.3 Å². The van der Waals surface area contributed by atoms with E-state index in [9.17, 15) is 4.79 Å². The average Bonchev–Trinajstić information content (AvgIpc) is 3.29. The number of carbonyl (C=O) groups excluding carboxylic acids is 1. The highest BCUT2D eigenvalue weighted by atomic mass is 35.5. The molecule has 0 saturated carbocycles. The van der Waals surface area contributed by atoms with Crippen LogP contribution in [0.15, 0.2) is 90.1 Å². The number of nitrogens with zero attached hydrogens (tertiary/aromatic N) is 3. The molecule has 4 aromatic rings. The first-order chi connectivity index (χ1) is 16.7. The van der Waals surface area contributed by atoms with Crippen LogP contribution in [0.2, 0.25) is 5.02 Å². The number of rotatable bonds is 10. The van der Waals surface area contributed by atoms with Crippen LogP contribution in [0.3, 0.4) is 0 Å². The summed E-state index contributed by atoms with van der Waals surface area (Å²) in [4.78, 5) is 13.0. The lowest BCUT2D eigenvalue weighted by molar-refractivity contribution is -0.119. The number of amides is 1. The first-order valence-electron chi connectivity index (χ1n) is 10.9. The van der Waals surface area contributed by atoms with E-state index in [1.165, 1.54) is 11.8 Å². The van der Waals surface area contributed by atoms with Gasteiger partial charge in [0.2, 0.25) is 5.91 Å². The van der Waals surface area contributed by atoms with Gasteiger partial charge in [0.15, 0.2) is 11.0 Å². The molecule has 34 heavy (non-hydrogen) atoms. The third-order valence-electron chi connectivity index (χ3n) is 5.24. The summed E-state index contributed by atoms with van der Waals surface area (Å²) in [6, 6.07) is 27.1. The van der Waals surface area contributed by atoms with Crippen molar-refractivity contribution in [3.05, 3.63) is 101 Å². The van der Waals surface area contributed by atoms with Crippen molar-refractivity contribution in [2.24, 2.45) is 0 Å². The van der Waals surface area contributed by atoms with Gasteiger partial charge in [0.25, 0.3) is 0 Å². The Kier molecular flexibility index (Phi) is 8.36. The molecule has 0 atom stereocenters. The van der Waals surface area contributed by atoms with Crippen LogP contribution >= 0.6 is 23.4 Å². The summed E-state index contributed by atoms with van der Waals surface area (Å²) in [5, 5.41) is 13.2. The number of hydrogen-bond donors (Lipinski definition) is 1. The zero-order valence-electron chi connectivity index (χ0n) is 18.7. The van der Waals surface area contributed by atoms with E-state index in [1.807, 2.05) is 89.5 Å². The maximum atomic E-state index is 13.0. The van der Waals surface area contributed by atoms with Crippen molar-refractivity contribution in [3.8, 4) is 11.4 Å². The Morgan fingerprint density at radius 2 is 1.59 bits per heavy atom. The number of halogens is 1. The molecule has 4 rings (SSSR count). The van der Waals surface area contributed by atoms with E-state index in [0.717, 1.165) is 16.7 Å². The summed E-state index contributed by atoms with van der Waals surface area (Å²) < 4.78 is 7.24. The van der Waals surface area contributed by atoms with Crippen LogP contribution in [0.25, 0.3) is 11.4 Å². The van der Waals surface area contributed by atoms with Crippen LogP contribution in [0.4, 0.5) is 0 Å². The van der Waals surface area contributed by atoms with Crippen LogP contribution in [0.5, 0.6) is 0 Å². The monoisotopic (exact) mass is 492 g/mol. The molecule has 0 saturated heterocycles. The molecule has 0 aliphatic carbocycles. The van der Waals surface area contributed by atoms with Gasteiger partial charge in [-0.1, -0.05) is 84.0 Å². The molecule has 8 heteroatoms. The van der Waals surface area contributed by atoms with Crippen LogP contribution in [0.1, 0.15) is 17.2 Å². The Hall–Kier alpha value is -3.13. The molecule has 0 spiro atoms. The minimum atomic E-state index is -0.230. The molecule has 0 fully saturated rings. The quantitative estimate of drug-likeness (QED) is 0.306. The predicted molar refractivity (Wildman–Crippen MR) is 136 cm³/mol. The fraction of sp³-hybridized carbons (Fsp3) is 0.192. The number of nitrogens with one attached hydrogen (secondary N) is 1. The highest BCUT2D eigenvalue weighted by molar-refractivity contribution is 7.99. The molecule has 0 aliphatic rings. The highest BCUT2D eigenvalue weighted by Gasteiger charge is 2.19. The molecule has 1 N–H and O–H groups in total. The van der Waals surface area contributed by atoms with Gasteiger partial charge >= 0.3 is 0 Å². The van der Waals surface area contributed by atoms with Gasteiger partial charge in [-0.15, -0.1) is 10.2 Å². The van der Waals surface area contributed by atoms with Gasteiger partial charge in [-0.3, -0.25) is 9.36 Å². The number of hydrogen-bond acceptors (Lipinski definition) is 5. The van der Waals surface area contributed by atoms with Crippen molar-refractivity contribution < 1.29 is 9.53 Å². The van der Waals surface area contributed by atoms with Crippen LogP contribution in [-0.4, -0.2) is 40.1 Å². The lowest BCUT2D eigenvalue weighted by Gasteiger charge is -2.20. The lowest BCUT2D eigenvalue weighted by atomic mass is 9.99. The number of aromatic nitrogens is 3. The standard InChI is InChI=1S/C26H25ClN4O2S/c1-33-17-16-31-25(21-12-14-22(27)15-13-21)29-30-26(31)34-18-23(32)28-24(19-8-4-2-5-9-19)20-10-6-3-7-11-20/h2-15,24H,16-18H2,1H3,(H,28,32). The van der Waals surface area contributed by atoms with Gasteiger partial charge in [0.1, 0.15) is 0 Å². The normalized spacial score (nSPS) is 11.0. The zero-order valence-corrected chi connectivity index (χ0v) is 20.3. The SMILES string of the molecule is COCCn1c(SCC(=O)NC(c2ccccc2)c2ccccc2)nnc1-c1ccc(Cl)cc1. The van der Waals surface area contributed by atoms with Crippen molar-refractivity contribution in [2.45, 2.75) is 17.7 Å². The second-order valence-corrected chi connectivity index (χ2v) is 8.95. The van der Waals surface area contributed by atoms with Crippen molar-refractivity contribution in [1.29, 1.82) is 0 Å². The van der Waals surface area contributed by atoms with E-state index in [1.54, 1.807) is 7.11 Å². The van der Waals surface area contributed by atoms with Gasteiger partial charge in [0, 0.05) is 17.7 Å². The second-order valence-electron chi connectivity index (χ2n) is 7.57. The third kappa shape index (κ3) is 6.05. The van der Waals surface area contributed by atoms with E-state index in [0.29, 0.717) is 29.2 Å². The summed E-state index contributed by atoms with van der Waals surface area (Å²) in [6.45, 7) is 1.07. The van der Waals surface area contributed by atoms with Crippen LogP contribution in [0, 0.1) is 0 Å². The van der Waals surface area contributed by atoms with E-state index in [-0.39, 0.29) is 17.7 Å². The third-order valence-corrected chi connectivity index (χ3v) is 6.46. The zero-order chi connectivity index (χ0) is 23.8. The summed E-state index contributed by atoms with van der Waals surface area (Å²) in [7, 11) is 1.65. The molecular weight excluding hydrogens is 468 g/mol. The molecule has 1 amide bonds. The van der Waals surface area contributed by atoms with Crippen molar-refractivity contribution in [3.63, 3.8) is 0 Å². The number of benzene rings is 3. The Labute approximate surface area is 208 Å². The van der Waals surface area contributed by atoms with Crippen molar-refractivity contribution in [1.82, 2.24) is 20.1 Å². The first kappa shape index (κ1) is 24.0. The smallest absolute Gasteiger partial charge is 0.231 e. The lowest BCUT2D eigenvalue weighted by Crippen LogP contribution is -2.30. The van der Waals surface area contributed by atoms with Gasteiger partial charge in [0.05, 0.1) is 24.9 Å².